The molecule has 4 N–H and O–H groups in total. The molecule has 0 spiro atoms. The lowest BCUT2D eigenvalue weighted by Gasteiger charge is -2.17. The summed E-state index contributed by atoms with van der Waals surface area (Å²) in [6.07, 6.45) is 4.97. The van der Waals surface area contributed by atoms with Crippen molar-refractivity contribution in [2.45, 2.75) is 32.7 Å². The Bertz CT molecular complexity index is 412. The van der Waals surface area contributed by atoms with Crippen molar-refractivity contribution in [3.05, 3.63) is 11.9 Å². The van der Waals surface area contributed by atoms with Crippen LogP contribution < -0.4 is 16.6 Å². The van der Waals surface area contributed by atoms with E-state index in [2.05, 4.69) is 27.6 Å². The molecule has 1 heterocycles. The fraction of sp³-hybridized carbons (Fsp3) is 0.636. The molecular weight excluding hydrogens is 250 g/mol. The van der Waals surface area contributed by atoms with Gasteiger partial charge in [-0.25, -0.2) is 15.8 Å². The fourth-order valence-corrected chi connectivity index (χ4v) is 2.56. The highest BCUT2D eigenvalue weighted by Crippen LogP contribution is 2.21. The zero-order chi connectivity index (χ0) is 13.5. The molecule has 0 aliphatic rings. The molecule has 1 aromatic heterocycles. The van der Waals surface area contributed by atoms with Gasteiger partial charge in [0, 0.05) is 34.4 Å². The number of nitrogens with two attached hydrogens (primary N) is 1. The first-order valence-electron chi connectivity index (χ1n) is 5.95. The van der Waals surface area contributed by atoms with E-state index in [9.17, 15) is 4.21 Å². The molecule has 18 heavy (non-hydrogen) atoms. The molecule has 0 aliphatic heterocycles. The van der Waals surface area contributed by atoms with Gasteiger partial charge in [-0.3, -0.25) is 4.21 Å². The van der Waals surface area contributed by atoms with Gasteiger partial charge in [0.15, 0.2) is 0 Å². The van der Waals surface area contributed by atoms with Crippen molar-refractivity contribution in [3.8, 4) is 0 Å². The van der Waals surface area contributed by atoms with Crippen LogP contribution in [0.5, 0.6) is 0 Å². The highest BCUT2D eigenvalue weighted by molar-refractivity contribution is 7.84. The summed E-state index contributed by atoms with van der Waals surface area (Å²) in [6, 6.07) is 0.0898. The summed E-state index contributed by atoms with van der Waals surface area (Å²) < 4.78 is 11.2. The van der Waals surface area contributed by atoms with Crippen molar-refractivity contribution in [2.75, 3.05) is 22.8 Å². The highest BCUT2D eigenvalue weighted by Gasteiger charge is 2.12. The number of hydrogen-bond donors (Lipinski definition) is 3. The van der Waals surface area contributed by atoms with Crippen molar-refractivity contribution < 1.29 is 4.21 Å². The van der Waals surface area contributed by atoms with Gasteiger partial charge >= 0.3 is 0 Å². The summed E-state index contributed by atoms with van der Waals surface area (Å²) in [5, 5.41) is 3.26. The van der Waals surface area contributed by atoms with Gasteiger partial charge in [-0.1, -0.05) is 13.3 Å². The van der Waals surface area contributed by atoms with Gasteiger partial charge in [-0.2, -0.15) is 0 Å². The molecule has 7 heteroatoms. The largest absolute Gasteiger partial charge is 0.366 e. The molecule has 1 aromatic rings. The first-order valence-corrected chi connectivity index (χ1v) is 7.68. The Morgan fingerprint density at radius 1 is 1.44 bits per heavy atom. The average Bonchev–Trinajstić information content (AvgIpc) is 2.30. The van der Waals surface area contributed by atoms with Crippen LogP contribution >= 0.6 is 0 Å². The van der Waals surface area contributed by atoms with E-state index in [-0.39, 0.29) is 6.04 Å². The zero-order valence-corrected chi connectivity index (χ0v) is 11.9. The van der Waals surface area contributed by atoms with E-state index in [0.29, 0.717) is 11.6 Å². The number of hydrogen-bond acceptors (Lipinski definition) is 6. The molecule has 2 atom stereocenters. The second-order valence-electron chi connectivity index (χ2n) is 4.23. The Balaban J connectivity index is 2.89. The number of nitrogen functional groups attached to an aromatic ring is 1. The summed E-state index contributed by atoms with van der Waals surface area (Å²) in [6.45, 7) is 4.07. The fourth-order valence-electron chi connectivity index (χ4n) is 1.78. The molecule has 0 aromatic carbocycles. The summed E-state index contributed by atoms with van der Waals surface area (Å²) in [4.78, 5) is 8.33. The number of aromatic nitrogens is 2. The van der Waals surface area contributed by atoms with Crippen LogP contribution in [0.4, 0.5) is 11.6 Å². The maximum atomic E-state index is 11.2. The molecule has 0 fully saturated rings. The van der Waals surface area contributed by atoms with Gasteiger partial charge < -0.3 is 10.7 Å². The normalized spacial score (nSPS) is 14.0. The molecule has 1 rings (SSSR count). The molecule has 0 bridgehead atoms. The van der Waals surface area contributed by atoms with E-state index < -0.39 is 10.8 Å². The third-order valence-electron chi connectivity index (χ3n) is 2.45. The summed E-state index contributed by atoms with van der Waals surface area (Å²) in [5.74, 6) is 7.43. The van der Waals surface area contributed by atoms with E-state index in [0.717, 1.165) is 24.2 Å². The van der Waals surface area contributed by atoms with Crippen LogP contribution in [0.2, 0.25) is 0 Å². The lowest BCUT2D eigenvalue weighted by molar-refractivity contribution is 0.682. The minimum atomic E-state index is -0.833. The Morgan fingerprint density at radius 3 is 2.67 bits per heavy atom. The monoisotopic (exact) mass is 271 g/mol. The van der Waals surface area contributed by atoms with Crippen molar-refractivity contribution in [3.63, 3.8) is 0 Å². The van der Waals surface area contributed by atoms with E-state index in [1.807, 2.05) is 6.92 Å². The van der Waals surface area contributed by atoms with Gasteiger partial charge in [0.2, 0.25) is 0 Å². The molecule has 6 nitrogen and oxygen atoms in total. The minimum Gasteiger partial charge on any atom is -0.366 e. The molecule has 0 radical (unpaired) electrons. The molecule has 102 valence electrons. The van der Waals surface area contributed by atoms with Gasteiger partial charge in [-0.05, 0) is 13.3 Å². The van der Waals surface area contributed by atoms with E-state index in [1.54, 1.807) is 6.26 Å². The number of nitrogens with zero attached hydrogens (tertiary/aromatic N) is 2. The van der Waals surface area contributed by atoms with Crippen LogP contribution in [0.1, 0.15) is 25.8 Å². The minimum absolute atomic E-state index is 0.0898. The van der Waals surface area contributed by atoms with Crippen LogP contribution in [-0.4, -0.2) is 32.2 Å². The van der Waals surface area contributed by atoms with Gasteiger partial charge in [0.25, 0.3) is 0 Å². The predicted octanol–water partition coefficient (Wildman–Crippen LogP) is 0.894. The zero-order valence-electron chi connectivity index (χ0n) is 11.1. The average molecular weight is 271 g/mol. The Kier molecular flexibility index (Phi) is 6.00. The van der Waals surface area contributed by atoms with Gasteiger partial charge in [0.05, 0.1) is 0 Å². The topological polar surface area (TPSA) is 92.9 Å². The molecule has 0 saturated heterocycles. The molecule has 0 saturated carbocycles. The first-order chi connectivity index (χ1) is 8.58. The SMILES string of the molecule is CCCc1c(NN)ncnc1NC(C)CS(C)=O. The first kappa shape index (κ1) is 14.8. The summed E-state index contributed by atoms with van der Waals surface area (Å²) >= 11 is 0. The smallest absolute Gasteiger partial charge is 0.148 e. The number of anilines is 2. The van der Waals surface area contributed by atoms with Crippen molar-refractivity contribution in [2.24, 2.45) is 5.84 Å². The predicted molar refractivity (Wildman–Crippen MR) is 75.9 cm³/mol. The van der Waals surface area contributed by atoms with Crippen molar-refractivity contribution >= 4 is 22.4 Å². The second-order valence-corrected chi connectivity index (χ2v) is 5.71. The van der Waals surface area contributed by atoms with Crippen LogP contribution in [0.25, 0.3) is 0 Å². The maximum absolute atomic E-state index is 11.2. The van der Waals surface area contributed by atoms with Crippen LogP contribution in [-0.2, 0) is 17.2 Å². The summed E-state index contributed by atoms with van der Waals surface area (Å²) in [5.41, 5.74) is 3.55. The second kappa shape index (κ2) is 7.27. The Hall–Kier alpha value is -1.21. The number of nitrogens with one attached hydrogen (secondary N) is 2. The maximum Gasteiger partial charge on any atom is 0.148 e. The van der Waals surface area contributed by atoms with Crippen LogP contribution in [0.3, 0.4) is 0 Å². The van der Waals surface area contributed by atoms with Crippen molar-refractivity contribution in [1.29, 1.82) is 0 Å². The quantitative estimate of drug-likeness (QED) is 0.504. The van der Waals surface area contributed by atoms with E-state index >= 15 is 0 Å². The van der Waals surface area contributed by atoms with Crippen LogP contribution in [0, 0.1) is 0 Å². The lowest BCUT2D eigenvalue weighted by atomic mass is 10.1. The third-order valence-corrected chi connectivity index (χ3v) is 3.42. The van der Waals surface area contributed by atoms with Gasteiger partial charge in [-0.15, -0.1) is 0 Å². The molecular formula is C11H21N5OS. The number of rotatable bonds is 7. The molecule has 0 amide bonds. The molecule has 0 aliphatic carbocycles. The van der Waals surface area contributed by atoms with Crippen molar-refractivity contribution in [1.82, 2.24) is 9.97 Å². The van der Waals surface area contributed by atoms with E-state index in [1.165, 1.54) is 6.33 Å². The Labute approximate surface area is 110 Å². The van der Waals surface area contributed by atoms with Crippen LogP contribution in [0.15, 0.2) is 6.33 Å². The van der Waals surface area contributed by atoms with E-state index in [4.69, 9.17) is 5.84 Å². The third kappa shape index (κ3) is 4.23. The summed E-state index contributed by atoms with van der Waals surface area (Å²) in [7, 11) is -0.833. The molecule has 2 unspecified atom stereocenters. The van der Waals surface area contributed by atoms with Gasteiger partial charge in [0.1, 0.15) is 18.0 Å². The Morgan fingerprint density at radius 2 is 2.11 bits per heavy atom. The highest BCUT2D eigenvalue weighted by atomic mass is 32.2. The standard InChI is InChI=1S/C11H21N5OS/c1-4-5-9-10(13-7-14-11(9)16-12)15-8(2)6-18(3)17/h7-8H,4-6,12H2,1-3H3,(H2,13,14,15,16). The number of hydrazine groups is 1. The lowest BCUT2D eigenvalue weighted by Crippen LogP contribution is -2.24.